The van der Waals surface area contributed by atoms with Crippen LogP contribution in [-0.4, -0.2) is 20.3 Å². The summed E-state index contributed by atoms with van der Waals surface area (Å²) in [5.74, 6) is 0. The summed E-state index contributed by atoms with van der Waals surface area (Å²) in [6.07, 6.45) is 11.3. The fraction of sp³-hybridized carbons (Fsp3) is 0.550. The summed E-state index contributed by atoms with van der Waals surface area (Å²) in [6, 6.07) is 10.6. The van der Waals surface area contributed by atoms with E-state index >= 15 is 0 Å². The van der Waals surface area contributed by atoms with Crippen molar-refractivity contribution < 1.29 is 0 Å². The molecule has 0 spiro atoms. The molecular formula is C20H29N3S. The molecule has 3 nitrogen and oxygen atoms in total. The third kappa shape index (κ3) is 5.23. The van der Waals surface area contributed by atoms with Gasteiger partial charge in [-0.05, 0) is 43.0 Å². The van der Waals surface area contributed by atoms with E-state index in [9.17, 15) is 0 Å². The normalized spacial score (nSPS) is 13.6. The van der Waals surface area contributed by atoms with E-state index in [4.69, 9.17) is 12.2 Å². The number of H-pyrrole nitrogens is 1. The van der Waals surface area contributed by atoms with Crippen molar-refractivity contribution >= 4 is 17.1 Å². The van der Waals surface area contributed by atoms with Gasteiger partial charge in [0.1, 0.15) is 0 Å². The molecule has 1 unspecified atom stereocenters. The van der Waals surface area contributed by atoms with Crippen molar-refractivity contribution in [3.05, 3.63) is 47.8 Å². The lowest BCUT2D eigenvalue weighted by atomic mass is 9.75. The summed E-state index contributed by atoms with van der Waals surface area (Å²) in [5.41, 5.74) is 2.10. The van der Waals surface area contributed by atoms with E-state index in [2.05, 4.69) is 53.5 Å². The molecule has 0 aliphatic carbocycles. The molecule has 2 aromatic rings. The summed E-state index contributed by atoms with van der Waals surface area (Å²) in [7, 11) is 0. The van der Waals surface area contributed by atoms with Gasteiger partial charge in [0.25, 0.3) is 0 Å². The van der Waals surface area contributed by atoms with E-state index < -0.39 is 0 Å². The van der Waals surface area contributed by atoms with Gasteiger partial charge in [-0.25, -0.2) is 0 Å². The van der Waals surface area contributed by atoms with Gasteiger partial charge in [0, 0.05) is 5.41 Å². The monoisotopic (exact) mass is 343 g/mol. The zero-order valence-electron chi connectivity index (χ0n) is 14.9. The van der Waals surface area contributed by atoms with Gasteiger partial charge < -0.3 is 0 Å². The lowest BCUT2D eigenvalue weighted by molar-refractivity contribution is 0.514. The first-order valence-electron chi connectivity index (χ1n) is 9.10. The van der Waals surface area contributed by atoms with E-state index in [0.29, 0.717) is 0 Å². The highest BCUT2D eigenvalue weighted by atomic mass is 32.1. The first kappa shape index (κ1) is 18.8. The van der Waals surface area contributed by atoms with Gasteiger partial charge in [-0.15, -0.1) is 0 Å². The summed E-state index contributed by atoms with van der Waals surface area (Å²) in [5, 5.41) is 11.1. The SMILES string of the molecule is CCCCCCCC(=S)CCC(C)(c1ccccc1)c1cn[nH]n1. The summed E-state index contributed by atoms with van der Waals surface area (Å²) in [6.45, 7) is 4.49. The minimum atomic E-state index is -0.152. The van der Waals surface area contributed by atoms with Crippen molar-refractivity contribution in [2.24, 2.45) is 0 Å². The van der Waals surface area contributed by atoms with Gasteiger partial charge >= 0.3 is 0 Å². The number of hydrogen-bond donors (Lipinski definition) is 1. The van der Waals surface area contributed by atoms with Crippen LogP contribution in [-0.2, 0) is 5.41 Å². The van der Waals surface area contributed by atoms with E-state index in [-0.39, 0.29) is 5.41 Å². The molecule has 1 heterocycles. The van der Waals surface area contributed by atoms with Crippen molar-refractivity contribution in [2.75, 3.05) is 0 Å². The Balaban J connectivity index is 1.94. The van der Waals surface area contributed by atoms with Crippen LogP contribution in [0.25, 0.3) is 0 Å². The highest BCUT2D eigenvalue weighted by Crippen LogP contribution is 2.35. The van der Waals surface area contributed by atoms with Crippen LogP contribution < -0.4 is 0 Å². The van der Waals surface area contributed by atoms with Crippen LogP contribution in [0.1, 0.15) is 76.5 Å². The van der Waals surface area contributed by atoms with Crippen molar-refractivity contribution in [1.82, 2.24) is 15.4 Å². The molecule has 1 atom stereocenters. The Morgan fingerprint density at radius 1 is 1.08 bits per heavy atom. The quantitative estimate of drug-likeness (QED) is 0.425. The average molecular weight is 344 g/mol. The van der Waals surface area contributed by atoms with Gasteiger partial charge in [0.2, 0.25) is 0 Å². The number of nitrogens with zero attached hydrogens (tertiary/aromatic N) is 2. The fourth-order valence-electron chi connectivity index (χ4n) is 3.13. The van der Waals surface area contributed by atoms with E-state index in [1.807, 2.05) is 12.3 Å². The van der Waals surface area contributed by atoms with Gasteiger partial charge in [0.05, 0.1) is 11.9 Å². The summed E-state index contributed by atoms with van der Waals surface area (Å²) in [4.78, 5) is 1.19. The Morgan fingerprint density at radius 2 is 1.83 bits per heavy atom. The molecular weight excluding hydrogens is 314 g/mol. The topological polar surface area (TPSA) is 41.6 Å². The number of hydrogen-bond acceptors (Lipinski definition) is 3. The fourth-order valence-corrected chi connectivity index (χ4v) is 3.38. The van der Waals surface area contributed by atoms with Crippen molar-refractivity contribution in [1.29, 1.82) is 0 Å². The van der Waals surface area contributed by atoms with Crippen LogP contribution >= 0.6 is 12.2 Å². The van der Waals surface area contributed by atoms with Gasteiger partial charge in [0.15, 0.2) is 0 Å². The van der Waals surface area contributed by atoms with E-state index in [0.717, 1.165) is 25.0 Å². The Bertz CT molecular complexity index is 595. The smallest absolute Gasteiger partial charge is 0.0927 e. The van der Waals surface area contributed by atoms with Gasteiger partial charge in [-0.2, -0.15) is 15.4 Å². The molecule has 1 aromatic heterocycles. The van der Waals surface area contributed by atoms with Gasteiger partial charge in [-0.3, -0.25) is 0 Å². The van der Waals surface area contributed by atoms with Crippen LogP contribution in [0.5, 0.6) is 0 Å². The molecule has 0 aliphatic heterocycles. The van der Waals surface area contributed by atoms with Crippen molar-refractivity contribution in [2.45, 2.75) is 70.6 Å². The van der Waals surface area contributed by atoms with E-state index in [1.54, 1.807) is 0 Å². The maximum atomic E-state index is 5.64. The molecule has 0 bridgehead atoms. The van der Waals surface area contributed by atoms with Crippen LogP contribution in [0.15, 0.2) is 36.5 Å². The molecule has 0 amide bonds. The third-order valence-electron chi connectivity index (χ3n) is 4.85. The van der Waals surface area contributed by atoms with Crippen LogP contribution in [0, 0.1) is 0 Å². The largest absolute Gasteiger partial charge is 0.198 e. The molecule has 1 aromatic carbocycles. The number of unbranched alkanes of at least 4 members (excludes halogenated alkanes) is 4. The second kappa shape index (κ2) is 9.67. The summed E-state index contributed by atoms with van der Waals surface area (Å²) < 4.78 is 0. The second-order valence-electron chi connectivity index (χ2n) is 6.76. The maximum absolute atomic E-state index is 5.64. The minimum absolute atomic E-state index is 0.152. The Hall–Kier alpha value is -1.55. The zero-order chi connectivity index (χ0) is 17.3. The number of benzene rings is 1. The molecule has 0 fully saturated rings. The molecule has 4 heteroatoms. The zero-order valence-corrected chi connectivity index (χ0v) is 15.7. The number of nitrogens with one attached hydrogen (secondary N) is 1. The van der Waals surface area contributed by atoms with Crippen LogP contribution in [0.2, 0.25) is 0 Å². The van der Waals surface area contributed by atoms with E-state index in [1.165, 1.54) is 42.5 Å². The number of thiocarbonyl (C=S) groups is 1. The van der Waals surface area contributed by atoms with Crippen molar-refractivity contribution in [3.63, 3.8) is 0 Å². The molecule has 0 aliphatic rings. The Kier molecular flexibility index (Phi) is 7.57. The Labute approximate surface area is 151 Å². The Morgan fingerprint density at radius 3 is 2.50 bits per heavy atom. The molecule has 0 radical (unpaired) electrons. The van der Waals surface area contributed by atoms with Crippen LogP contribution in [0.3, 0.4) is 0 Å². The predicted molar refractivity (Wildman–Crippen MR) is 104 cm³/mol. The minimum Gasteiger partial charge on any atom is -0.198 e. The number of aromatic amines is 1. The molecule has 130 valence electrons. The number of aromatic nitrogens is 3. The lowest BCUT2D eigenvalue weighted by Gasteiger charge is -2.28. The molecule has 0 saturated heterocycles. The number of rotatable bonds is 11. The highest BCUT2D eigenvalue weighted by Gasteiger charge is 2.31. The summed E-state index contributed by atoms with van der Waals surface area (Å²) >= 11 is 5.64. The van der Waals surface area contributed by atoms with Crippen LogP contribution in [0.4, 0.5) is 0 Å². The second-order valence-corrected chi connectivity index (χ2v) is 7.33. The first-order chi connectivity index (χ1) is 11.7. The van der Waals surface area contributed by atoms with Gasteiger partial charge in [-0.1, -0.05) is 75.2 Å². The third-order valence-corrected chi connectivity index (χ3v) is 5.26. The maximum Gasteiger partial charge on any atom is 0.0927 e. The average Bonchev–Trinajstić information content (AvgIpc) is 3.15. The standard InChI is InChI=1S/C20H29N3S/c1-3-4-5-6-10-13-18(24)14-15-20(2,19-16-21-23-22-19)17-11-8-7-9-12-17/h7-9,11-12,16H,3-6,10,13-15H2,1-2H3,(H,21,22,23). The molecule has 2 rings (SSSR count). The highest BCUT2D eigenvalue weighted by molar-refractivity contribution is 7.80. The molecule has 0 saturated carbocycles. The first-order valence-corrected chi connectivity index (χ1v) is 9.51. The lowest BCUT2D eigenvalue weighted by Crippen LogP contribution is -2.25. The predicted octanol–water partition coefficient (Wildman–Crippen LogP) is 5.62. The van der Waals surface area contributed by atoms with Crippen molar-refractivity contribution in [3.8, 4) is 0 Å². The molecule has 24 heavy (non-hydrogen) atoms. The molecule has 1 N–H and O–H groups in total.